The van der Waals surface area contributed by atoms with Gasteiger partial charge in [-0.15, -0.1) is 0 Å². The Labute approximate surface area is 76.8 Å². The van der Waals surface area contributed by atoms with Gasteiger partial charge in [-0.2, -0.15) is 0 Å². The summed E-state index contributed by atoms with van der Waals surface area (Å²) in [5.74, 6) is -0.372. The molecule has 72 valence electrons. The Morgan fingerprint density at radius 2 is 2.69 bits per heavy atom. The summed E-state index contributed by atoms with van der Waals surface area (Å²) in [5.41, 5.74) is 0. The lowest BCUT2D eigenvalue weighted by atomic mass is 10.4. The van der Waals surface area contributed by atoms with Crippen LogP contribution in [0.5, 0.6) is 0 Å². The lowest BCUT2D eigenvalue weighted by Gasteiger charge is -2.18. The molecule has 5 nitrogen and oxygen atoms in total. The minimum atomic E-state index is -0.866. The Kier molecular flexibility index (Phi) is 3.45. The molecule has 0 aromatic carbocycles. The SMILES string of the molecule is C=CC(=O)NC(O)CN1C=NCC1. The van der Waals surface area contributed by atoms with Crippen LogP contribution in [-0.4, -0.2) is 48.1 Å². The third kappa shape index (κ3) is 3.25. The molecule has 0 spiro atoms. The molecule has 1 aliphatic heterocycles. The smallest absolute Gasteiger partial charge is 0.245 e. The second-order valence-electron chi connectivity index (χ2n) is 2.75. The zero-order chi connectivity index (χ0) is 9.68. The number of nitrogens with zero attached hydrogens (tertiary/aromatic N) is 2. The lowest BCUT2D eigenvalue weighted by Crippen LogP contribution is -2.42. The number of β-amino-alcohol motifs (C(OH)–C–C–N with tert-alkyl or cyclic N) is 1. The second kappa shape index (κ2) is 4.61. The first-order chi connectivity index (χ1) is 6.22. The predicted octanol–water partition coefficient (Wildman–Crippen LogP) is -1.05. The van der Waals surface area contributed by atoms with Crippen molar-refractivity contribution < 1.29 is 9.90 Å². The third-order valence-electron chi connectivity index (χ3n) is 1.66. The van der Waals surface area contributed by atoms with Gasteiger partial charge in [-0.1, -0.05) is 6.58 Å². The van der Waals surface area contributed by atoms with Crippen LogP contribution in [0.1, 0.15) is 0 Å². The average Bonchev–Trinajstić information content (AvgIpc) is 2.56. The van der Waals surface area contributed by atoms with E-state index in [1.54, 1.807) is 6.34 Å². The molecule has 1 heterocycles. The molecule has 1 atom stereocenters. The van der Waals surface area contributed by atoms with Crippen LogP contribution in [0.3, 0.4) is 0 Å². The lowest BCUT2D eigenvalue weighted by molar-refractivity contribution is -0.119. The van der Waals surface area contributed by atoms with Crippen LogP contribution >= 0.6 is 0 Å². The van der Waals surface area contributed by atoms with Gasteiger partial charge < -0.3 is 15.3 Å². The van der Waals surface area contributed by atoms with Crippen LogP contribution in [0.4, 0.5) is 0 Å². The number of rotatable bonds is 4. The fraction of sp³-hybridized carbons (Fsp3) is 0.500. The van der Waals surface area contributed by atoms with Gasteiger partial charge in [-0.25, -0.2) is 0 Å². The van der Waals surface area contributed by atoms with Crippen LogP contribution in [0, 0.1) is 0 Å². The minimum absolute atomic E-state index is 0.364. The highest BCUT2D eigenvalue weighted by Gasteiger charge is 2.12. The number of aliphatic hydroxyl groups is 1. The molecule has 1 unspecified atom stereocenters. The van der Waals surface area contributed by atoms with Crippen molar-refractivity contribution >= 4 is 12.2 Å². The maximum atomic E-state index is 10.8. The Morgan fingerprint density at radius 1 is 1.92 bits per heavy atom. The van der Waals surface area contributed by atoms with E-state index in [9.17, 15) is 9.90 Å². The van der Waals surface area contributed by atoms with E-state index in [0.717, 1.165) is 19.2 Å². The highest BCUT2D eigenvalue weighted by atomic mass is 16.3. The number of hydrogen-bond acceptors (Lipinski definition) is 4. The van der Waals surface area contributed by atoms with E-state index >= 15 is 0 Å². The van der Waals surface area contributed by atoms with Gasteiger partial charge in [0.2, 0.25) is 5.91 Å². The number of aliphatic hydroxyl groups excluding tert-OH is 1. The van der Waals surface area contributed by atoms with Crippen LogP contribution in [-0.2, 0) is 4.79 Å². The van der Waals surface area contributed by atoms with Crippen molar-refractivity contribution in [1.82, 2.24) is 10.2 Å². The molecular weight excluding hydrogens is 170 g/mol. The highest BCUT2D eigenvalue weighted by Crippen LogP contribution is 1.93. The molecular formula is C8H13N3O2. The maximum Gasteiger partial charge on any atom is 0.245 e. The fourth-order valence-corrected chi connectivity index (χ4v) is 1.05. The van der Waals surface area contributed by atoms with Crippen LogP contribution in [0.25, 0.3) is 0 Å². The summed E-state index contributed by atoms with van der Waals surface area (Å²) < 4.78 is 0. The first-order valence-corrected chi connectivity index (χ1v) is 4.07. The summed E-state index contributed by atoms with van der Waals surface area (Å²) in [5, 5.41) is 11.7. The summed E-state index contributed by atoms with van der Waals surface area (Å²) >= 11 is 0. The van der Waals surface area contributed by atoms with E-state index in [1.165, 1.54) is 0 Å². The topological polar surface area (TPSA) is 64.9 Å². The first-order valence-electron chi connectivity index (χ1n) is 4.07. The maximum absolute atomic E-state index is 10.8. The van der Waals surface area contributed by atoms with E-state index in [0.29, 0.717) is 6.54 Å². The average molecular weight is 183 g/mol. The molecule has 1 amide bonds. The Hall–Kier alpha value is -1.36. The molecule has 0 saturated carbocycles. The number of carbonyl (C=O) groups is 1. The molecule has 0 aromatic heterocycles. The molecule has 2 N–H and O–H groups in total. The largest absolute Gasteiger partial charge is 0.372 e. The minimum Gasteiger partial charge on any atom is -0.372 e. The molecule has 5 heteroatoms. The molecule has 0 saturated heterocycles. The molecule has 13 heavy (non-hydrogen) atoms. The van der Waals surface area contributed by atoms with E-state index in [2.05, 4.69) is 16.9 Å². The quantitative estimate of drug-likeness (QED) is 0.432. The molecule has 1 aliphatic rings. The van der Waals surface area contributed by atoms with Crippen molar-refractivity contribution in [3.63, 3.8) is 0 Å². The first kappa shape index (κ1) is 9.73. The molecule has 0 aromatic rings. The van der Waals surface area contributed by atoms with Crippen LogP contribution in [0.15, 0.2) is 17.6 Å². The zero-order valence-electron chi connectivity index (χ0n) is 7.31. The molecule has 0 fully saturated rings. The van der Waals surface area contributed by atoms with E-state index in [1.807, 2.05) is 4.90 Å². The van der Waals surface area contributed by atoms with Gasteiger partial charge in [0.1, 0.15) is 6.23 Å². The number of aliphatic imine (C=N–C) groups is 1. The van der Waals surface area contributed by atoms with Gasteiger partial charge >= 0.3 is 0 Å². The summed E-state index contributed by atoms with van der Waals surface area (Å²) in [4.78, 5) is 16.6. The van der Waals surface area contributed by atoms with Crippen molar-refractivity contribution in [2.75, 3.05) is 19.6 Å². The van der Waals surface area contributed by atoms with E-state index < -0.39 is 6.23 Å². The summed E-state index contributed by atoms with van der Waals surface area (Å²) in [6.07, 6.45) is 1.93. The second-order valence-corrected chi connectivity index (χ2v) is 2.75. The van der Waals surface area contributed by atoms with Crippen LogP contribution < -0.4 is 5.32 Å². The van der Waals surface area contributed by atoms with Gasteiger partial charge in [0.15, 0.2) is 0 Å². The monoisotopic (exact) mass is 183 g/mol. The van der Waals surface area contributed by atoms with Crippen molar-refractivity contribution in [2.24, 2.45) is 4.99 Å². The number of nitrogens with one attached hydrogen (secondary N) is 1. The predicted molar refractivity (Wildman–Crippen MR) is 49.3 cm³/mol. The van der Waals surface area contributed by atoms with Crippen LogP contribution in [0.2, 0.25) is 0 Å². The molecule has 0 radical (unpaired) electrons. The van der Waals surface area contributed by atoms with Crippen molar-refractivity contribution in [3.8, 4) is 0 Å². The molecule has 0 bridgehead atoms. The van der Waals surface area contributed by atoms with Gasteiger partial charge in [0, 0.05) is 6.54 Å². The standard InChI is InChI=1S/C8H13N3O2/c1-2-7(12)10-8(13)5-11-4-3-9-6-11/h2,6,8,13H,1,3-5H2,(H,10,12). The van der Waals surface area contributed by atoms with E-state index in [4.69, 9.17) is 0 Å². The Bertz CT molecular complexity index is 227. The Morgan fingerprint density at radius 3 is 3.23 bits per heavy atom. The fourth-order valence-electron chi connectivity index (χ4n) is 1.05. The van der Waals surface area contributed by atoms with Crippen molar-refractivity contribution in [2.45, 2.75) is 6.23 Å². The zero-order valence-corrected chi connectivity index (χ0v) is 7.31. The highest BCUT2D eigenvalue weighted by molar-refractivity contribution is 5.86. The van der Waals surface area contributed by atoms with Gasteiger partial charge in [-0.05, 0) is 6.08 Å². The number of amides is 1. The number of carbonyl (C=O) groups excluding carboxylic acids is 1. The van der Waals surface area contributed by atoms with E-state index in [-0.39, 0.29) is 5.91 Å². The van der Waals surface area contributed by atoms with Crippen molar-refractivity contribution in [3.05, 3.63) is 12.7 Å². The number of hydrogen-bond donors (Lipinski definition) is 2. The van der Waals surface area contributed by atoms with Crippen molar-refractivity contribution in [1.29, 1.82) is 0 Å². The summed E-state index contributed by atoms with van der Waals surface area (Å²) in [6, 6.07) is 0. The summed E-state index contributed by atoms with van der Waals surface area (Å²) in [6.45, 7) is 5.19. The molecule has 1 rings (SSSR count). The third-order valence-corrected chi connectivity index (χ3v) is 1.66. The normalized spacial score (nSPS) is 17.2. The van der Waals surface area contributed by atoms with Gasteiger partial charge in [0.05, 0.1) is 19.4 Å². The summed E-state index contributed by atoms with van der Waals surface area (Å²) in [7, 11) is 0. The van der Waals surface area contributed by atoms with Gasteiger partial charge in [0.25, 0.3) is 0 Å². The van der Waals surface area contributed by atoms with Gasteiger partial charge in [-0.3, -0.25) is 9.79 Å². The Balaban J connectivity index is 2.23. The molecule has 0 aliphatic carbocycles.